The number of hydrogen-bond donors (Lipinski definition) is 2. The quantitative estimate of drug-likeness (QED) is 0.303. The Morgan fingerprint density at radius 2 is 0.870 bits per heavy atom. The zero-order valence-corrected chi connectivity index (χ0v) is 16.7. The molecule has 1 rings (SSSR count). The summed E-state index contributed by atoms with van der Waals surface area (Å²) in [6.45, 7) is 4.58. The van der Waals surface area contributed by atoms with E-state index >= 15 is 0 Å². The van der Waals surface area contributed by atoms with Crippen LogP contribution in [0.5, 0.6) is 0 Å². The third kappa shape index (κ3) is 12.3. The van der Waals surface area contributed by atoms with Gasteiger partial charge in [0.25, 0.3) is 0 Å². The smallest absolute Gasteiger partial charge is 0.0682 e. The van der Waals surface area contributed by atoms with E-state index in [1.165, 1.54) is 103 Å². The molecule has 2 N–H and O–H groups in total. The molecule has 138 valence electrons. The average molecular weight is 343 g/mol. The highest BCUT2D eigenvalue weighted by molar-refractivity contribution is 8.00. The van der Waals surface area contributed by atoms with Crippen LogP contribution < -0.4 is 10.9 Å². The summed E-state index contributed by atoms with van der Waals surface area (Å²) in [7, 11) is 0. The van der Waals surface area contributed by atoms with Crippen LogP contribution in [-0.4, -0.2) is 10.7 Å². The Bertz CT molecular complexity index is 224. The first-order valence-electron chi connectivity index (χ1n) is 10.5. The molecule has 0 aromatic rings. The second-order valence-corrected chi connectivity index (χ2v) is 8.63. The molecule has 23 heavy (non-hydrogen) atoms. The Balaban J connectivity index is 1.85. The Kier molecular flexibility index (Phi) is 14.6. The maximum atomic E-state index is 3.50. The first-order valence-corrected chi connectivity index (χ1v) is 11.5. The van der Waals surface area contributed by atoms with E-state index in [0.717, 1.165) is 0 Å². The first kappa shape index (κ1) is 21.3. The van der Waals surface area contributed by atoms with Crippen molar-refractivity contribution in [3.63, 3.8) is 0 Å². The van der Waals surface area contributed by atoms with Crippen LogP contribution in [0.1, 0.15) is 117 Å². The summed E-state index contributed by atoms with van der Waals surface area (Å²) in [6.07, 6.45) is 22.5. The standard InChI is InChI=1S/C20H42N2S/c1-3-5-7-9-11-13-15-17-19-21-22-20(23-19)18-16-14-12-10-8-6-4-2/h19-22H,3-18H2,1-2H3/t19-,20+. The molecule has 1 fully saturated rings. The maximum absolute atomic E-state index is 3.50. The minimum absolute atomic E-state index is 0.653. The SMILES string of the molecule is CCCCCCCCC[C@@H]1NN[C@H](CCCCCCCCC)S1. The van der Waals surface area contributed by atoms with Gasteiger partial charge in [-0.2, -0.15) is 0 Å². The van der Waals surface area contributed by atoms with Crippen molar-refractivity contribution in [2.24, 2.45) is 0 Å². The van der Waals surface area contributed by atoms with Gasteiger partial charge < -0.3 is 0 Å². The van der Waals surface area contributed by atoms with Crippen molar-refractivity contribution in [1.29, 1.82) is 0 Å². The highest BCUT2D eigenvalue weighted by Crippen LogP contribution is 2.27. The van der Waals surface area contributed by atoms with Crippen molar-refractivity contribution in [3.8, 4) is 0 Å². The van der Waals surface area contributed by atoms with Crippen molar-refractivity contribution in [1.82, 2.24) is 10.9 Å². The molecule has 3 heteroatoms. The molecule has 2 atom stereocenters. The number of thioether (sulfide) groups is 1. The predicted molar refractivity (Wildman–Crippen MR) is 107 cm³/mol. The van der Waals surface area contributed by atoms with E-state index in [1.807, 2.05) is 0 Å². The van der Waals surface area contributed by atoms with E-state index in [-0.39, 0.29) is 0 Å². The second-order valence-electron chi connectivity index (χ2n) is 7.22. The lowest BCUT2D eigenvalue weighted by Gasteiger charge is -2.09. The van der Waals surface area contributed by atoms with E-state index in [2.05, 4.69) is 36.5 Å². The molecule has 0 saturated carbocycles. The molecule has 0 aliphatic carbocycles. The van der Waals surface area contributed by atoms with Crippen molar-refractivity contribution >= 4 is 11.8 Å². The van der Waals surface area contributed by atoms with Crippen molar-refractivity contribution < 1.29 is 0 Å². The van der Waals surface area contributed by atoms with E-state index in [0.29, 0.717) is 10.7 Å². The Labute approximate surface area is 150 Å². The lowest BCUT2D eigenvalue weighted by atomic mass is 10.1. The molecule has 0 aromatic carbocycles. The molecule has 1 saturated heterocycles. The number of unbranched alkanes of at least 4 members (excludes halogenated alkanes) is 12. The van der Waals surface area contributed by atoms with Gasteiger partial charge in [0, 0.05) is 0 Å². The second kappa shape index (κ2) is 15.8. The number of hydrogen-bond acceptors (Lipinski definition) is 3. The molecule has 2 nitrogen and oxygen atoms in total. The highest BCUT2D eigenvalue weighted by Gasteiger charge is 2.22. The van der Waals surface area contributed by atoms with E-state index < -0.39 is 0 Å². The van der Waals surface area contributed by atoms with Crippen LogP contribution in [0.15, 0.2) is 0 Å². The van der Waals surface area contributed by atoms with Gasteiger partial charge in [0.1, 0.15) is 0 Å². The van der Waals surface area contributed by atoms with E-state index in [4.69, 9.17) is 0 Å². The Morgan fingerprint density at radius 1 is 0.522 bits per heavy atom. The number of hydrazine groups is 1. The summed E-state index contributed by atoms with van der Waals surface area (Å²) in [5.41, 5.74) is 7.00. The van der Waals surface area contributed by atoms with Gasteiger partial charge in [-0.25, -0.2) is 10.9 Å². The fourth-order valence-electron chi connectivity index (χ4n) is 3.31. The van der Waals surface area contributed by atoms with Crippen molar-refractivity contribution in [3.05, 3.63) is 0 Å². The van der Waals surface area contributed by atoms with Gasteiger partial charge in [0.2, 0.25) is 0 Å². The maximum Gasteiger partial charge on any atom is 0.0682 e. The lowest BCUT2D eigenvalue weighted by Crippen LogP contribution is -2.33. The molecule has 1 aliphatic heterocycles. The summed E-state index contributed by atoms with van der Waals surface area (Å²) in [6, 6.07) is 0. The molecular weight excluding hydrogens is 300 g/mol. The van der Waals surface area contributed by atoms with Gasteiger partial charge in [-0.05, 0) is 12.8 Å². The lowest BCUT2D eigenvalue weighted by molar-refractivity contribution is 0.474. The predicted octanol–water partition coefficient (Wildman–Crippen LogP) is 6.76. The van der Waals surface area contributed by atoms with Crippen LogP contribution in [0.2, 0.25) is 0 Å². The monoisotopic (exact) mass is 342 g/mol. The zero-order chi connectivity index (χ0) is 16.6. The topological polar surface area (TPSA) is 24.1 Å². The normalized spacial score (nSPS) is 21.1. The Morgan fingerprint density at radius 3 is 1.26 bits per heavy atom. The average Bonchev–Trinajstić information content (AvgIpc) is 3.01. The van der Waals surface area contributed by atoms with Gasteiger partial charge in [-0.15, -0.1) is 11.8 Å². The summed E-state index contributed by atoms with van der Waals surface area (Å²) >= 11 is 2.13. The van der Waals surface area contributed by atoms with Crippen LogP contribution in [0.3, 0.4) is 0 Å². The van der Waals surface area contributed by atoms with Gasteiger partial charge in [-0.1, -0.05) is 104 Å². The molecule has 0 aromatic heterocycles. The molecule has 0 bridgehead atoms. The van der Waals surface area contributed by atoms with Crippen LogP contribution in [0.25, 0.3) is 0 Å². The largest absolute Gasteiger partial charge is 0.244 e. The molecule has 0 unspecified atom stereocenters. The molecule has 1 aliphatic rings. The number of rotatable bonds is 16. The van der Waals surface area contributed by atoms with Crippen LogP contribution in [0, 0.1) is 0 Å². The van der Waals surface area contributed by atoms with Crippen molar-refractivity contribution in [2.75, 3.05) is 0 Å². The minimum Gasteiger partial charge on any atom is -0.244 e. The molecule has 0 amide bonds. The zero-order valence-electron chi connectivity index (χ0n) is 15.9. The summed E-state index contributed by atoms with van der Waals surface area (Å²) in [5, 5.41) is 1.31. The van der Waals surface area contributed by atoms with Gasteiger partial charge in [0.15, 0.2) is 0 Å². The van der Waals surface area contributed by atoms with Crippen LogP contribution >= 0.6 is 11.8 Å². The van der Waals surface area contributed by atoms with Crippen LogP contribution in [-0.2, 0) is 0 Å². The van der Waals surface area contributed by atoms with Gasteiger partial charge in [-0.3, -0.25) is 0 Å². The van der Waals surface area contributed by atoms with Gasteiger partial charge >= 0.3 is 0 Å². The molecular formula is C20H42N2S. The molecule has 0 radical (unpaired) electrons. The molecule has 1 heterocycles. The minimum atomic E-state index is 0.653. The molecule has 0 spiro atoms. The third-order valence-corrected chi connectivity index (χ3v) is 6.24. The first-order chi connectivity index (χ1) is 11.4. The summed E-state index contributed by atoms with van der Waals surface area (Å²) in [4.78, 5) is 0. The van der Waals surface area contributed by atoms with E-state index in [9.17, 15) is 0 Å². The Hall–Kier alpha value is 0.270. The highest BCUT2D eigenvalue weighted by atomic mass is 32.2. The van der Waals surface area contributed by atoms with Crippen LogP contribution in [0.4, 0.5) is 0 Å². The van der Waals surface area contributed by atoms with Crippen molar-refractivity contribution in [2.45, 2.75) is 127 Å². The number of nitrogens with one attached hydrogen (secondary N) is 2. The van der Waals surface area contributed by atoms with Gasteiger partial charge in [0.05, 0.1) is 10.7 Å². The summed E-state index contributed by atoms with van der Waals surface area (Å²) in [5.74, 6) is 0. The summed E-state index contributed by atoms with van der Waals surface area (Å²) < 4.78 is 0. The fourth-order valence-corrected chi connectivity index (χ4v) is 4.58. The van der Waals surface area contributed by atoms with E-state index in [1.54, 1.807) is 0 Å². The third-order valence-electron chi connectivity index (χ3n) is 4.87. The fraction of sp³-hybridized carbons (Fsp3) is 1.00.